The number of aromatic hydroxyl groups is 1. The highest BCUT2D eigenvalue weighted by Crippen LogP contribution is 2.36. The Labute approximate surface area is 133 Å². The van der Waals surface area contributed by atoms with E-state index in [4.69, 9.17) is 9.47 Å². The van der Waals surface area contributed by atoms with Gasteiger partial charge in [-0.15, -0.1) is 0 Å². The predicted octanol–water partition coefficient (Wildman–Crippen LogP) is 2.38. The molecule has 1 N–H and O–H groups in total. The lowest BCUT2D eigenvalue weighted by Gasteiger charge is -2.17. The van der Waals surface area contributed by atoms with Crippen molar-refractivity contribution in [3.05, 3.63) is 24.4 Å². The maximum Gasteiger partial charge on any atom is 0.415 e. The van der Waals surface area contributed by atoms with Crippen LogP contribution in [0.3, 0.4) is 0 Å². The quantitative estimate of drug-likeness (QED) is 0.921. The Bertz CT molecular complexity index is 771. The van der Waals surface area contributed by atoms with Crippen LogP contribution in [0.25, 0.3) is 11.4 Å². The molecule has 7 heteroatoms. The molecule has 2 aliphatic heterocycles. The molecule has 1 aromatic carbocycles. The first-order valence-electron chi connectivity index (χ1n) is 7.66. The van der Waals surface area contributed by atoms with E-state index in [0.717, 1.165) is 17.8 Å². The van der Waals surface area contributed by atoms with Gasteiger partial charge in [0, 0.05) is 12.3 Å². The average Bonchev–Trinajstić information content (AvgIpc) is 3.06. The summed E-state index contributed by atoms with van der Waals surface area (Å²) in [4.78, 5) is 18.3. The molecule has 1 atom stereocenters. The molecule has 0 aliphatic carbocycles. The molecule has 3 heterocycles. The molecule has 2 aromatic rings. The maximum atomic E-state index is 12.0. The van der Waals surface area contributed by atoms with Crippen LogP contribution in [0.4, 0.5) is 10.6 Å². The highest BCUT2D eigenvalue weighted by Gasteiger charge is 2.35. The summed E-state index contributed by atoms with van der Waals surface area (Å²) >= 11 is 0. The number of amides is 1. The number of hydrogen-bond acceptors (Lipinski definition) is 5. The monoisotopic (exact) mass is 315 g/mol. The highest BCUT2D eigenvalue weighted by atomic mass is 16.6. The minimum absolute atomic E-state index is 0.0113. The lowest BCUT2D eigenvalue weighted by molar-refractivity contribution is 0.178. The molecule has 0 radical (unpaired) electrons. The molecule has 4 rings (SSSR count). The van der Waals surface area contributed by atoms with Crippen molar-refractivity contribution in [1.29, 1.82) is 0 Å². The van der Waals surface area contributed by atoms with Gasteiger partial charge in [0.15, 0.2) is 5.82 Å². The summed E-state index contributed by atoms with van der Waals surface area (Å²) in [5.41, 5.74) is 0.798. The fourth-order valence-corrected chi connectivity index (χ4v) is 3.01. The molecule has 120 valence electrons. The Morgan fingerprint density at radius 1 is 1.39 bits per heavy atom. The van der Waals surface area contributed by atoms with Crippen molar-refractivity contribution in [3.8, 4) is 22.9 Å². The Morgan fingerprint density at radius 3 is 3.09 bits per heavy atom. The summed E-state index contributed by atoms with van der Waals surface area (Å²) in [6.45, 7) is 3.51. The van der Waals surface area contributed by atoms with Crippen LogP contribution >= 0.6 is 0 Å². The summed E-state index contributed by atoms with van der Waals surface area (Å²) in [5.74, 6) is 2.06. The number of phenols is 1. The van der Waals surface area contributed by atoms with Crippen LogP contribution in [-0.4, -0.2) is 40.0 Å². The number of benzene rings is 1. The number of cyclic esters (lactones) is 1. The lowest BCUT2D eigenvalue weighted by atomic mass is 10.2. The molecular weight excluding hydrogens is 298 g/mol. The first-order valence-corrected chi connectivity index (χ1v) is 7.66. The molecule has 1 amide bonds. The van der Waals surface area contributed by atoms with E-state index < -0.39 is 0 Å². The normalized spacial score (nSPS) is 19.6. The standard InChI is InChI=1S/C16H17N3O4/c1-2-10-9-23-16(21)19(10)14-8-18-5-6-22-13-7-11(20)3-4-12(13)15(18)17-14/h3-4,7-8,10,20H,2,5-6,9H2,1H3/t10-/m1/s1. The van der Waals surface area contributed by atoms with Crippen LogP contribution in [0.1, 0.15) is 13.3 Å². The van der Waals surface area contributed by atoms with E-state index in [1.54, 1.807) is 23.1 Å². The number of rotatable bonds is 2. The van der Waals surface area contributed by atoms with Crippen molar-refractivity contribution in [1.82, 2.24) is 9.55 Å². The maximum absolute atomic E-state index is 12.0. The predicted molar refractivity (Wildman–Crippen MR) is 82.7 cm³/mol. The van der Waals surface area contributed by atoms with Gasteiger partial charge in [0.2, 0.25) is 0 Å². The van der Waals surface area contributed by atoms with Gasteiger partial charge in [0.1, 0.15) is 30.5 Å². The molecule has 1 saturated heterocycles. The second-order valence-electron chi connectivity index (χ2n) is 5.65. The molecule has 0 saturated carbocycles. The summed E-state index contributed by atoms with van der Waals surface area (Å²) < 4.78 is 12.8. The molecule has 0 unspecified atom stereocenters. The lowest BCUT2D eigenvalue weighted by Crippen LogP contribution is -2.33. The van der Waals surface area contributed by atoms with Crippen molar-refractivity contribution >= 4 is 11.9 Å². The van der Waals surface area contributed by atoms with E-state index in [2.05, 4.69) is 4.98 Å². The van der Waals surface area contributed by atoms with E-state index in [0.29, 0.717) is 31.3 Å². The first kappa shape index (κ1) is 13.9. The van der Waals surface area contributed by atoms with Gasteiger partial charge in [-0.2, -0.15) is 0 Å². The molecule has 1 fully saturated rings. The van der Waals surface area contributed by atoms with Gasteiger partial charge in [0.05, 0.1) is 18.2 Å². The number of fused-ring (bicyclic) bond motifs is 3. The Morgan fingerprint density at radius 2 is 2.26 bits per heavy atom. The van der Waals surface area contributed by atoms with Gasteiger partial charge in [-0.1, -0.05) is 6.92 Å². The van der Waals surface area contributed by atoms with Crippen LogP contribution in [-0.2, 0) is 11.3 Å². The van der Waals surface area contributed by atoms with Crippen LogP contribution in [0, 0.1) is 0 Å². The molecular formula is C16H17N3O4. The van der Waals surface area contributed by atoms with Crippen LogP contribution < -0.4 is 9.64 Å². The van der Waals surface area contributed by atoms with Gasteiger partial charge in [-0.25, -0.2) is 9.78 Å². The SMILES string of the molecule is CC[C@@H]1COC(=O)N1c1cn2c(n1)-c1ccc(O)cc1OCC2. The van der Waals surface area contributed by atoms with Crippen molar-refractivity contribution < 1.29 is 19.4 Å². The molecule has 1 aromatic heterocycles. The number of ether oxygens (including phenoxy) is 2. The molecule has 23 heavy (non-hydrogen) atoms. The van der Waals surface area contributed by atoms with E-state index >= 15 is 0 Å². The van der Waals surface area contributed by atoms with Crippen LogP contribution in [0.2, 0.25) is 0 Å². The van der Waals surface area contributed by atoms with Gasteiger partial charge >= 0.3 is 6.09 Å². The van der Waals surface area contributed by atoms with Gasteiger partial charge in [-0.05, 0) is 18.6 Å². The zero-order valence-corrected chi connectivity index (χ0v) is 12.7. The van der Waals surface area contributed by atoms with Crippen LogP contribution in [0.5, 0.6) is 11.5 Å². The average molecular weight is 315 g/mol. The molecule has 7 nitrogen and oxygen atoms in total. The van der Waals surface area contributed by atoms with E-state index in [1.165, 1.54) is 0 Å². The Balaban J connectivity index is 1.80. The minimum atomic E-state index is -0.354. The number of imidazole rings is 1. The smallest absolute Gasteiger partial charge is 0.415 e. The topological polar surface area (TPSA) is 76.8 Å². The number of anilines is 1. The fraction of sp³-hybridized carbons (Fsp3) is 0.375. The van der Waals surface area contributed by atoms with Crippen LogP contribution in [0.15, 0.2) is 24.4 Å². The van der Waals surface area contributed by atoms with Gasteiger partial charge in [0.25, 0.3) is 0 Å². The Kier molecular flexibility index (Phi) is 3.14. The second-order valence-corrected chi connectivity index (χ2v) is 5.65. The summed E-state index contributed by atoms with van der Waals surface area (Å²) in [7, 11) is 0. The van der Waals surface area contributed by atoms with E-state index in [-0.39, 0.29) is 17.9 Å². The number of hydrogen-bond donors (Lipinski definition) is 1. The third-order valence-electron chi connectivity index (χ3n) is 4.24. The highest BCUT2D eigenvalue weighted by molar-refractivity contribution is 5.89. The zero-order chi connectivity index (χ0) is 16.0. The van der Waals surface area contributed by atoms with Crippen molar-refractivity contribution in [2.24, 2.45) is 0 Å². The summed E-state index contributed by atoms with van der Waals surface area (Å²) in [6.07, 6.45) is 2.31. The van der Waals surface area contributed by atoms with Crippen molar-refractivity contribution in [2.75, 3.05) is 18.1 Å². The number of nitrogens with zero attached hydrogens (tertiary/aromatic N) is 3. The number of carbonyl (C=O) groups excluding carboxylic acids is 1. The second kappa shape index (κ2) is 5.19. The minimum Gasteiger partial charge on any atom is -0.508 e. The van der Waals surface area contributed by atoms with Crippen molar-refractivity contribution in [2.45, 2.75) is 25.9 Å². The van der Waals surface area contributed by atoms with Gasteiger partial charge < -0.3 is 19.1 Å². The third-order valence-corrected chi connectivity index (χ3v) is 4.24. The molecule has 0 spiro atoms. The summed E-state index contributed by atoms with van der Waals surface area (Å²) in [6, 6.07) is 4.97. The Hall–Kier alpha value is -2.70. The number of phenolic OH excluding ortho intramolecular Hbond substituents is 1. The summed E-state index contributed by atoms with van der Waals surface area (Å²) in [5, 5.41) is 9.63. The number of carbonyl (C=O) groups is 1. The fourth-order valence-electron chi connectivity index (χ4n) is 3.01. The van der Waals surface area contributed by atoms with Gasteiger partial charge in [-0.3, -0.25) is 4.90 Å². The first-order chi connectivity index (χ1) is 11.2. The van der Waals surface area contributed by atoms with E-state index in [1.807, 2.05) is 17.7 Å². The van der Waals surface area contributed by atoms with Crippen molar-refractivity contribution in [3.63, 3.8) is 0 Å². The third kappa shape index (κ3) is 2.19. The zero-order valence-electron chi connectivity index (χ0n) is 12.7. The molecule has 2 aliphatic rings. The molecule has 0 bridgehead atoms. The number of aromatic nitrogens is 2. The van der Waals surface area contributed by atoms with E-state index in [9.17, 15) is 9.90 Å². The largest absolute Gasteiger partial charge is 0.508 e.